The molecule has 0 spiro atoms. The van der Waals surface area contributed by atoms with Gasteiger partial charge in [-0.25, -0.2) is 0 Å². The van der Waals surface area contributed by atoms with Crippen LogP contribution < -0.4 is 0 Å². The highest BCUT2D eigenvalue weighted by molar-refractivity contribution is 9.09. The van der Waals surface area contributed by atoms with E-state index in [-0.39, 0.29) is 0 Å². The first-order valence-electron chi connectivity index (χ1n) is 6.54. The van der Waals surface area contributed by atoms with E-state index in [4.69, 9.17) is 0 Å². The molecule has 0 heterocycles. The molecule has 0 saturated carbocycles. The fraction of sp³-hybridized carbons (Fsp3) is 0.600. The second-order valence-electron chi connectivity index (χ2n) is 4.81. The Labute approximate surface area is 114 Å². The zero-order chi connectivity index (χ0) is 12.5. The monoisotopic (exact) mass is 297 g/mol. The van der Waals surface area contributed by atoms with Crippen LogP contribution in [-0.4, -0.2) is 30.4 Å². The molecule has 0 aromatic heterocycles. The van der Waals surface area contributed by atoms with E-state index < -0.39 is 0 Å². The molecule has 0 saturated heterocycles. The smallest absolute Gasteiger partial charge is 0.00718 e. The van der Waals surface area contributed by atoms with E-state index in [1.165, 1.54) is 24.9 Å². The van der Waals surface area contributed by atoms with E-state index in [0.717, 1.165) is 24.2 Å². The summed E-state index contributed by atoms with van der Waals surface area (Å²) in [6.07, 6.45) is 3.75. The van der Waals surface area contributed by atoms with Gasteiger partial charge in [0.1, 0.15) is 0 Å². The van der Waals surface area contributed by atoms with Gasteiger partial charge in [0.05, 0.1) is 0 Å². The maximum absolute atomic E-state index is 3.61. The van der Waals surface area contributed by atoms with E-state index in [1.54, 1.807) is 0 Å². The molecule has 0 bridgehead atoms. The second kappa shape index (κ2) is 8.71. The summed E-state index contributed by atoms with van der Waals surface area (Å²) in [4.78, 5) is 2.45. The van der Waals surface area contributed by atoms with Crippen LogP contribution in [0.1, 0.15) is 25.3 Å². The Balaban J connectivity index is 2.27. The molecule has 17 heavy (non-hydrogen) atoms. The van der Waals surface area contributed by atoms with Crippen LogP contribution in [-0.2, 0) is 6.42 Å². The fourth-order valence-corrected chi connectivity index (χ4v) is 2.65. The van der Waals surface area contributed by atoms with Gasteiger partial charge in [0, 0.05) is 18.4 Å². The van der Waals surface area contributed by atoms with Gasteiger partial charge in [-0.15, -0.1) is 0 Å². The molecule has 1 aromatic rings. The molecule has 0 N–H and O–H groups in total. The maximum atomic E-state index is 3.61. The third kappa shape index (κ3) is 6.23. The summed E-state index contributed by atoms with van der Waals surface area (Å²) in [5, 5.41) is 1.12. The van der Waals surface area contributed by atoms with Gasteiger partial charge in [-0.1, -0.05) is 59.6 Å². The largest absolute Gasteiger partial charge is 0.306 e. The topological polar surface area (TPSA) is 3.24 Å². The van der Waals surface area contributed by atoms with Gasteiger partial charge in [0.15, 0.2) is 0 Å². The normalized spacial score (nSPS) is 12.9. The molecule has 1 aromatic carbocycles. The molecule has 0 radical (unpaired) electrons. The quantitative estimate of drug-likeness (QED) is 0.656. The average molecular weight is 298 g/mol. The Hall–Kier alpha value is -0.340. The summed E-state index contributed by atoms with van der Waals surface area (Å²) in [7, 11) is 2.23. The van der Waals surface area contributed by atoms with Gasteiger partial charge >= 0.3 is 0 Å². The summed E-state index contributed by atoms with van der Waals surface area (Å²) in [6.45, 7) is 4.61. The summed E-state index contributed by atoms with van der Waals surface area (Å²) in [5.74, 6) is 0.792. The van der Waals surface area contributed by atoms with Crippen LogP contribution in [0.2, 0.25) is 0 Å². The van der Waals surface area contributed by atoms with Gasteiger partial charge in [-0.3, -0.25) is 0 Å². The molecule has 1 unspecified atom stereocenters. The van der Waals surface area contributed by atoms with Crippen LogP contribution in [0, 0.1) is 5.92 Å². The number of halogens is 1. The minimum atomic E-state index is 0.792. The Morgan fingerprint density at radius 1 is 1.24 bits per heavy atom. The highest BCUT2D eigenvalue weighted by atomic mass is 79.9. The standard InChI is InChI=1S/C15H24BrN/c1-3-7-15(12-16)13-17(2)11-10-14-8-5-4-6-9-14/h4-6,8-9,15H,3,7,10-13H2,1-2H3. The van der Waals surface area contributed by atoms with Crippen molar-refractivity contribution < 1.29 is 0 Å². The molecule has 0 aliphatic heterocycles. The predicted molar refractivity (Wildman–Crippen MR) is 79.8 cm³/mol. The number of hydrogen-bond donors (Lipinski definition) is 0. The molecule has 96 valence electrons. The van der Waals surface area contributed by atoms with Crippen molar-refractivity contribution in [2.45, 2.75) is 26.2 Å². The fourth-order valence-electron chi connectivity index (χ4n) is 2.12. The van der Waals surface area contributed by atoms with Crippen LogP contribution in [0.15, 0.2) is 30.3 Å². The molecule has 1 rings (SSSR count). The molecule has 0 aliphatic carbocycles. The van der Waals surface area contributed by atoms with Crippen molar-refractivity contribution in [3.8, 4) is 0 Å². The van der Waals surface area contributed by atoms with Crippen molar-refractivity contribution >= 4 is 15.9 Å². The van der Waals surface area contributed by atoms with Crippen LogP contribution in [0.25, 0.3) is 0 Å². The van der Waals surface area contributed by atoms with Crippen molar-refractivity contribution in [1.82, 2.24) is 4.90 Å². The van der Waals surface area contributed by atoms with Gasteiger partial charge in [-0.05, 0) is 31.4 Å². The summed E-state index contributed by atoms with van der Waals surface area (Å²) in [6, 6.07) is 10.7. The zero-order valence-corrected chi connectivity index (χ0v) is 12.6. The Bertz CT molecular complexity index is 286. The van der Waals surface area contributed by atoms with E-state index in [2.05, 4.69) is 65.1 Å². The van der Waals surface area contributed by atoms with E-state index in [1.807, 2.05) is 0 Å². The van der Waals surface area contributed by atoms with Crippen molar-refractivity contribution in [2.75, 3.05) is 25.5 Å². The Morgan fingerprint density at radius 2 is 1.94 bits per heavy atom. The molecule has 1 nitrogen and oxygen atoms in total. The zero-order valence-electron chi connectivity index (χ0n) is 11.0. The SMILES string of the molecule is CCCC(CBr)CN(C)CCc1ccccc1. The second-order valence-corrected chi connectivity index (χ2v) is 5.45. The third-order valence-electron chi connectivity index (χ3n) is 3.11. The first-order valence-corrected chi connectivity index (χ1v) is 7.66. The average Bonchev–Trinajstić information content (AvgIpc) is 2.37. The van der Waals surface area contributed by atoms with Crippen LogP contribution in [0.4, 0.5) is 0 Å². The van der Waals surface area contributed by atoms with E-state index >= 15 is 0 Å². The Kier molecular flexibility index (Phi) is 7.54. The first-order chi connectivity index (χ1) is 8.26. The summed E-state index contributed by atoms with van der Waals surface area (Å²) in [5.41, 5.74) is 1.44. The number of alkyl halides is 1. The molecule has 0 amide bonds. The lowest BCUT2D eigenvalue weighted by Crippen LogP contribution is -2.28. The van der Waals surface area contributed by atoms with Crippen LogP contribution in [0.3, 0.4) is 0 Å². The van der Waals surface area contributed by atoms with Gasteiger partial charge in [0.25, 0.3) is 0 Å². The van der Waals surface area contributed by atoms with Crippen molar-refractivity contribution in [1.29, 1.82) is 0 Å². The van der Waals surface area contributed by atoms with Crippen molar-refractivity contribution in [3.05, 3.63) is 35.9 Å². The molecule has 0 aliphatic rings. The van der Waals surface area contributed by atoms with Crippen LogP contribution >= 0.6 is 15.9 Å². The molecular formula is C15H24BrN. The minimum absolute atomic E-state index is 0.792. The van der Waals surface area contributed by atoms with Gasteiger partial charge < -0.3 is 4.90 Å². The van der Waals surface area contributed by atoms with Gasteiger partial charge in [0.2, 0.25) is 0 Å². The molecular weight excluding hydrogens is 274 g/mol. The molecule has 0 fully saturated rings. The predicted octanol–water partition coefficient (Wildman–Crippen LogP) is 3.97. The van der Waals surface area contributed by atoms with E-state index in [9.17, 15) is 0 Å². The van der Waals surface area contributed by atoms with Gasteiger partial charge in [-0.2, -0.15) is 0 Å². The van der Waals surface area contributed by atoms with Crippen LogP contribution in [0.5, 0.6) is 0 Å². The Morgan fingerprint density at radius 3 is 2.53 bits per heavy atom. The van der Waals surface area contributed by atoms with Crippen molar-refractivity contribution in [2.24, 2.45) is 5.92 Å². The lowest BCUT2D eigenvalue weighted by Gasteiger charge is -2.22. The molecule has 2 heteroatoms. The number of rotatable bonds is 8. The lowest BCUT2D eigenvalue weighted by molar-refractivity contribution is 0.283. The number of hydrogen-bond acceptors (Lipinski definition) is 1. The first kappa shape index (κ1) is 14.7. The summed E-state index contributed by atoms with van der Waals surface area (Å²) < 4.78 is 0. The number of benzene rings is 1. The summed E-state index contributed by atoms with van der Waals surface area (Å²) >= 11 is 3.61. The number of likely N-dealkylation sites (N-methyl/N-ethyl adjacent to an activating group) is 1. The maximum Gasteiger partial charge on any atom is 0.00718 e. The van der Waals surface area contributed by atoms with Crippen molar-refractivity contribution in [3.63, 3.8) is 0 Å². The van der Waals surface area contributed by atoms with E-state index in [0.29, 0.717) is 0 Å². The highest BCUT2D eigenvalue weighted by Crippen LogP contribution is 2.11. The minimum Gasteiger partial charge on any atom is -0.306 e. The molecule has 1 atom stereocenters. The third-order valence-corrected chi connectivity index (χ3v) is 4.03. The number of nitrogens with zero attached hydrogens (tertiary/aromatic N) is 1. The highest BCUT2D eigenvalue weighted by Gasteiger charge is 2.09. The lowest BCUT2D eigenvalue weighted by atomic mass is 10.1.